The van der Waals surface area contributed by atoms with Gasteiger partial charge in [-0.15, -0.1) is 13.2 Å². The molecule has 0 aliphatic carbocycles. The Hall–Kier alpha value is -3.43. The van der Waals surface area contributed by atoms with Gasteiger partial charge in [-0.2, -0.15) is 0 Å². The quantitative estimate of drug-likeness (QED) is 0.614. The van der Waals surface area contributed by atoms with E-state index in [1.54, 1.807) is 6.07 Å². The fraction of sp³-hybridized carbons (Fsp3) is 0.250. The van der Waals surface area contributed by atoms with Crippen LogP contribution in [0.1, 0.15) is 24.7 Å². The van der Waals surface area contributed by atoms with E-state index in [0.29, 0.717) is 12.0 Å². The summed E-state index contributed by atoms with van der Waals surface area (Å²) in [6, 6.07) is 8.64. The number of halogens is 4. The van der Waals surface area contributed by atoms with Crippen LogP contribution in [0.5, 0.6) is 5.75 Å². The van der Waals surface area contributed by atoms with Crippen LogP contribution in [0.3, 0.4) is 0 Å². The fourth-order valence-electron chi connectivity index (χ4n) is 2.91. The Morgan fingerprint density at radius 2 is 1.97 bits per heavy atom. The molecule has 1 N–H and O–H groups in total. The van der Waals surface area contributed by atoms with E-state index in [1.165, 1.54) is 18.2 Å². The maximum absolute atomic E-state index is 13.3. The second-order valence-corrected chi connectivity index (χ2v) is 6.49. The Labute approximate surface area is 168 Å². The molecule has 3 aromatic rings. The van der Waals surface area contributed by atoms with Crippen LogP contribution in [-0.4, -0.2) is 21.9 Å². The van der Waals surface area contributed by atoms with Crippen LogP contribution in [-0.2, 0) is 17.6 Å². The van der Waals surface area contributed by atoms with E-state index in [1.807, 2.05) is 6.92 Å². The molecule has 158 valence electrons. The van der Waals surface area contributed by atoms with Crippen LogP contribution in [0.4, 0.5) is 17.6 Å². The lowest BCUT2D eigenvalue weighted by atomic mass is 10.1. The Morgan fingerprint density at radius 1 is 1.20 bits per heavy atom. The average Bonchev–Trinajstić information content (AvgIpc) is 2.63. The normalized spacial score (nSPS) is 11.5. The Morgan fingerprint density at radius 3 is 2.63 bits per heavy atom. The van der Waals surface area contributed by atoms with E-state index in [9.17, 15) is 27.2 Å². The van der Waals surface area contributed by atoms with Crippen molar-refractivity contribution in [3.05, 3.63) is 70.0 Å². The number of benzene rings is 2. The van der Waals surface area contributed by atoms with Gasteiger partial charge in [-0.25, -0.2) is 14.1 Å². The molecule has 30 heavy (non-hydrogen) atoms. The number of fused-ring (bicyclic) bond motifs is 1. The van der Waals surface area contributed by atoms with E-state index in [-0.39, 0.29) is 29.6 Å². The van der Waals surface area contributed by atoms with Gasteiger partial charge in [-0.3, -0.25) is 15.0 Å². The first kappa shape index (κ1) is 21.3. The highest BCUT2D eigenvalue weighted by atomic mass is 19.4. The molecule has 0 saturated heterocycles. The minimum atomic E-state index is -4.88. The average molecular weight is 423 g/mol. The Balaban J connectivity index is 1.95. The third-order valence-electron chi connectivity index (χ3n) is 4.11. The highest BCUT2D eigenvalue weighted by Gasteiger charge is 2.31. The summed E-state index contributed by atoms with van der Waals surface area (Å²) in [5, 5.41) is 0.00966. The molecule has 10 heteroatoms. The molecule has 1 heterocycles. The minimum absolute atomic E-state index is 0.00966. The molecule has 6 nitrogen and oxygen atoms in total. The summed E-state index contributed by atoms with van der Waals surface area (Å²) >= 11 is 0. The first-order valence-electron chi connectivity index (χ1n) is 9.02. The molecule has 1 amide bonds. The van der Waals surface area contributed by atoms with Crippen LogP contribution < -0.4 is 15.7 Å². The van der Waals surface area contributed by atoms with Crippen molar-refractivity contribution >= 4 is 16.8 Å². The standard InChI is InChI=1S/C20H17F4N3O3/c1-2-4-17-25-16-11-14(30-20(22,23)24)7-8-15(16)19(29)27(17)26-18(28)10-12-5-3-6-13(21)9-12/h3,5-9,11H,2,4,10H2,1H3,(H,26,28). The predicted octanol–water partition coefficient (Wildman–Crippen LogP) is 3.70. The van der Waals surface area contributed by atoms with Crippen LogP contribution in [0.15, 0.2) is 47.3 Å². The SMILES string of the molecule is CCCc1nc2cc(OC(F)(F)F)ccc2c(=O)n1NC(=O)Cc1cccc(F)c1. The Bertz CT molecular complexity index is 1140. The van der Waals surface area contributed by atoms with Gasteiger partial charge in [-0.05, 0) is 36.2 Å². The van der Waals surface area contributed by atoms with Gasteiger partial charge in [-0.1, -0.05) is 19.1 Å². The number of hydrogen-bond donors (Lipinski definition) is 1. The number of aromatic nitrogens is 2. The Kier molecular flexibility index (Phi) is 6.04. The second-order valence-electron chi connectivity index (χ2n) is 6.49. The number of alkyl halides is 3. The largest absolute Gasteiger partial charge is 0.573 e. The van der Waals surface area contributed by atoms with Gasteiger partial charge in [0, 0.05) is 12.5 Å². The monoisotopic (exact) mass is 423 g/mol. The smallest absolute Gasteiger partial charge is 0.406 e. The van der Waals surface area contributed by atoms with Crippen molar-refractivity contribution in [3.63, 3.8) is 0 Å². The van der Waals surface area contributed by atoms with E-state index >= 15 is 0 Å². The summed E-state index contributed by atoms with van der Waals surface area (Å²) in [4.78, 5) is 29.5. The number of nitrogens with one attached hydrogen (secondary N) is 1. The number of amides is 1. The third-order valence-corrected chi connectivity index (χ3v) is 4.11. The summed E-state index contributed by atoms with van der Waals surface area (Å²) in [5.41, 5.74) is 2.23. The number of hydrogen-bond acceptors (Lipinski definition) is 4. The van der Waals surface area contributed by atoms with E-state index in [4.69, 9.17) is 0 Å². The lowest BCUT2D eigenvalue weighted by Gasteiger charge is -2.15. The number of ether oxygens (including phenoxy) is 1. The summed E-state index contributed by atoms with van der Waals surface area (Å²) in [5.74, 6) is -1.39. The van der Waals surface area contributed by atoms with Gasteiger partial charge in [0.25, 0.3) is 5.56 Å². The van der Waals surface area contributed by atoms with Crippen LogP contribution in [0.2, 0.25) is 0 Å². The molecule has 0 atom stereocenters. The molecule has 0 aliphatic rings. The second kappa shape index (κ2) is 8.52. The molecule has 0 unspecified atom stereocenters. The molecular formula is C20H17F4N3O3. The van der Waals surface area contributed by atoms with Gasteiger partial charge < -0.3 is 4.74 Å². The lowest BCUT2D eigenvalue weighted by molar-refractivity contribution is -0.274. The zero-order valence-electron chi connectivity index (χ0n) is 15.8. The van der Waals surface area contributed by atoms with E-state index < -0.39 is 29.4 Å². The van der Waals surface area contributed by atoms with E-state index in [2.05, 4.69) is 15.1 Å². The minimum Gasteiger partial charge on any atom is -0.406 e. The highest BCUT2D eigenvalue weighted by molar-refractivity contribution is 5.86. The van der Waals surface area contributed by atoms with Crippen molar-refractivity contribution in [2.75, 3.05) is 5.43 Å². The summed E-state index contributed by atoms with van der Waals surface area (Å²) < 4.78 is 55.5. The van der Waals surface area contributed by atoms with Crippen molar-refractivity contribution in [1.82, 2.24) is 9.66 Å². The molecule has 3 rings (SSSR count). The number of nitrogens with zero attached hydrogens (tertiary/aromatic N) is 2. The first-order valence-corrected chi connectivity index (χ1v) is 9.02. The van der Waals surface area contributed by atoms with Crippen LogP contribution in [0.25, 0.3) is 10.9 Å². The topological polar surface area (TPSA) is 73.2 Å². The molecule has 1 aromatic heterocycles. The number of aryl methyl sites for hydroxylation is 1. The molecule has 0 bridgehead atoms. The molecule has 0 saturated carbocycles. The fourth-order valence-corrected chi connectivity index (χ4v) is 2.91. The van der Waals surface area contributed by atoms with Crippen molar-refractivity contribution in [2.24, 2.45) is 0 Å². The molecular weight excluding hydrogens is 406 g/mol. The summed E-state index contributed by atoms with van der Waals surface area (Å²) in [6.07, 6.45) is -4.20. The maximum Gasteiger partial charge on any atom is 0.573 e. The summed E-state index contributed by atoms with van der Waals surface area (Å²) in [6.45, 7) is 1.82. The van der Waals surface area contributed by atoms with Crippen molar-refractivity contribution < 1.29 is 27.1 Å². The maximum atomic E-state index is 13.3. The zero-order valence-corrected chi connectivity index (χ0v) is 15.8. The van der Waals surface area contributed by atoms with Gasteiger partial charge in [0.15, 0.2) is 0 Å². The highest BCUT2D eigenvalue weighted by Crippen LogP contribution is 2.25. The van der Waals surface area contributed by atoms with Crippen LogP contribution >= 0.6 is 0 Å². The van der Waals surface area contributed by atoms with Gasteiger partial charge >= 0.3 is 6.36 Å². The molecule has 2 aromatic carbocycles. The van der Waals surface area contributed by atoms with Gasteiger partial charge in [0.1, 0.15) is 17.4 Å². The van der Waals surface area contributed by atoms with Gasteiger partial charge in [0.2, 0.25) is 5.91 Å². The lowest BCUT2D eigenvalue weighted by Crippen LogP contribution is -2.37. The molecule has 0 aliphatic heterocycles. The zero-order chi connectivity index (χ0) is 21.9. The molecule has 0 radical (unpaired) electrons. The van der Waals surface area contributed by atoms with E-state index in [0.717, 1.165) is 22.9 Å². The predicted molar refractivity (Wildman–Crippen MR) is 101 cm³/mol. The molecule has 0 spiro atoms. The molecule has 0 fully saturated rings. The van der Waals surface area contributed by atoms with Gasteiger partial charge in [0.05, 0.1) is 17.3 Å². The third kappa shape index (κ3) is 5.13. The van der Waals surface area contributed by atoms with Crippen molar-refractivity contribution in [3.8, 4) is 5.75 Å². The van der Waals surface area contributed by atoms with Crippen molar-refractivity contribution in [1.29, 1.82) is 0 Å². The first-order chi connectivity index (χ1) is 14.2. The number of rotatable bonds is 6. The number of carbonyl (C=O) groups excluding carboxylic acids is 1. The number of carbonyl (C=O) groups is 1. The summed E-state index contributed by atoms with van der Waals surface area (Å²) in [7, 11) is 0. The van der Waals surface area contributed by atoms with Crippen LogP contribution in [0, 0.1) is 5.82 Å². The van der Waals surface area contributed by atoms with Crippen molar-refractivity contribution in [2.45, 2.75) is 32.5 Å².